The second kappa shape index (κ2) is 8.36. The molecule has 5 nitrogen and oxygen atoms in total. The minimum Gasteiger partial charge on any atom is -0.484 e. The molecule has 0 bridgehead atoms. The maximum atomic E-state index is 12.4. The van der Waals surface area contributed by atoms with Gasteiger partial charge < -0.3 is 14.8 Å². The van der Waals surface area contributed by atoms with E-state index in [-0.39, 0.29) is 18.5 Å². The first-order valence-corrected chi connectivity index (χ1v) is 9.69. The molecule has 3 rings (SSSR count). The number of para-hydroxylation sites is 1. The summed E-state index contributed by atoms with van der Waals surface area (Å²) in [6.07, 6.45) is 2.82. The number of thiophene rings is 1. The van der Waals surface area contributed by atoms with Crippen molar-refractivity contribution in [2.45, 2.75) is 33.1 Å². The number of benzene rings is 1. The van der Waals surface area contributed by atoms with Crippen LogP contribution in [0.3, 0.4) is 0 Å². The summed E-state index contributed by atoms with van der Waals surface area (Å²) in [5.41, 5.74) is 1.55. The third kappa shape index (κ3) is 4.25. The van der Waals surface area contributed by atoms with Crippen LogP contribution in [0.2, 0.25) is 0 Å². The van der Waals surface area contributed by atoms with Gasteiger partial charge in [0.1, 0.15) is 10.8 Å². The van der Waals surface area contributed by atoms with Gasteiger partial charge in [0, 0.05) is 4.88 Å². The third-order valence-corrected chi connectivity index (χ3v) is 5.53. The molecule has 0 saturated heterocycles. The first-order valence-electron chi connectivity index (χ1n) is 8.87. The maximum absolute atomic E-state index is 12.4. The Morgan fingerprint density at radius 2 is 2.04 bits per heavy atom. The molecule has 1 aliphatic rings. The van der Waals surface area contributed by atoms with Gasteiger partial charge in [-0.05, 0) is 49.8 Å². The first kappa shape index (κ1) is 18.5. The van der Waals surface area contributed by atoms with Gasteiger partial charge in [0.05, 0.1) is 12.2 Å². The van der Waals surface area contributed by atoms with Crippen molar-refractivity contribution in [1.29, 1.82) is 0 Å². The van der Waals surface area contributed by atoms with E-state index < -0.39 is 0 Å². The Bertz CT molecular complexity index is 785. The van der Waals surface area contributed by atoms with Crippen LogP contribution in [-0.2, 0) is 22.4 Å². The van der Waals surface area contributed by atoms with Crippen molar-refractivity contribution < 1.29 is 19.1 Å². The van der Waals surface area contributed by atoms with E-state index in [0.29, 0.717) is 28.8 Å². The smallest absolute Gasteiger partial charge is 0.341 e. The number of fused-ring (bicyclic) bond motifs is 1. The van der Waals surface area contributed by atoms with Gasteiger partial charge in [-0.1, -0.05) is 25.1 Å². The quantitative estimate of drug-likeness (QED) is 0.776. The fourth-order valence-electron chi connectivity index (χ4n) is 3.09. The van der Waals surface area contributed by atoms with E-state index in [0.717, 1.165) is 24.8 Å². The van der Waals surface area contributed by atoms with E-state index in [1.54, 1.807) is 19.1 Å². The molecule has 26 heavy (non-hydrogen) atoms. The molecule has 0 aliphatic heterocycles. The van der Waals surface area contributed by atoms with Gasteiger partial charge in [0.25, 0.3) is 5.91 Å². The first-order chi connectivity index (χ1) is 12.6. The molecule has 0 fully saturated rings. The molecule has 1 aliphatic carbocycles. The number of carbonyl (C=O) groups is 2. The summed E-state index contributed by atoms with van der Waals surface area (Å²) in [6, 6.07) is 9.17. The van der Waals surface area contributed by atoms with Crippen molar-refractivity contribution in [3.05, 3.63) is 46.3 Å². The molecule has 1 N–H and O–H groups in total. The van der Waals surface area contributed by atoms with Gasteiger partial charge in [-0.2, -0.15) is 0 Å². The fraction of sp³-hybridized carbons (Fsp3) is 0.400. The molecule has 2 aromatic rings. The highest BCUT2D eigenvalue weighted by Gasteiger charge is 2.29. The minimum atomic E-state index is -0.362. The van der Waals surface area contributed by atoms with Gasteiger partial charge in [-0.25, -0.2) is 4.79 Å². The molecule has 1 amide bonds. The van der Waals surface area contributed by atoms with Crippen LogP contribution in [0.15, 0.2) is 30.3 Å². The molecule has 0 spiro atoms. The summed E-state index contributed by atoms with van der Waals surface area (Å²) in [7, 11) is 0. The predicted octanol–water partition coefficient (Wildman–Crippen LogP) is 4.07. The van der Waals surface area contributed by atoms with Crippen LogP contribution in [0.5, 0.6) is 5.75 Å². The number of esters is 1. The molecule has 1 heterocycles. The SMILES string of the molecule is CCOC(=O)c1c(NC(=O)COc2ccccc2)sc2c1CC[C@@H](C)C2. The lowest BCUT2D eigenvalue weighted by molar-refractivity contribution is -0.118. The fourth-order valence-corrected chi connectivity index (χ4v) is 4.50. The highest BCUT2D eigenvalue weighted by atomic mass is 32.1. The van der Waals surface area contributed by atoms with E-state index >= 15 is 0 Å². The summed E-state index contributed by atoms with van der Waals surface area (Å²) in [5.74, 6) is 0.568. The zero-order valence-corrected chi connectivity index (χ0v) is 15.9. The molecule has 1 aromatic carbocycles. The number of ether oxygens (including phenoxy) is 2. The van der Waals surface area contributed by atoms with Gasteiger partial charge in [-0.15, -0.1) is 11.3 Å². The Balaban J connectivity index is 1.75. The second-order valence-electron chi connectivity index (χ2n) is 6.43. The molecule has 0 radical (unpaired) electrons. The van der Waals surface area contributed by atoms with E-state index in [1.807, 2.05) is 18.2 Å². The standard InChI is InChI=1S/C20H23NO4S/c1-3-24-20(23)18-15-10-9-13(2)11-16(15)26-19(18)21-17(22)12-25-14-7-5-4-6-8-14/h4-8,13H,3,9-12H2,1-2H3,(H,21,22)/t13-/m1/s1. The van der Waals surface area contributed by atoms with Crippen molar-refractivity contribution in [1.82, 2.24) is 0 Å². The number of rotatable bonds is 6. The molecule has 1 atom stereocenters. The van der Waals surface area contributed by atoms with Crippen LogP contribution in [0.4, 0.5) is 5.00 Å². The maximum Gasteiger partial charge on any atom is 0.341 e. The number of hydrogen-bond acceptors (Lipinski definition) is 5. The number of anilines is 1. The van der Waals surface area contributed by atoms with Crippen molar-refractivity contribution in [2.24, 2.45) is 5.92 Å². The Kier molecular flexibility index (Phi) is 5.93. The topological polar surface area (TPSA) is 64.6 Å². The van der Waals surface area contributed by atoms with Gasteiger partial charge in [-0.3, -0.25) is 4.79 Å². The summed E-state index contributed by atoms with van der Waals surface area (Å²) in [5, 5.41) is 3.42. The highest BCUT2D eigenvalue weighted by molar-refractivity contribution is 7.17. The molecule has 6 heteroatoms. The summed E-state index contributed by atoms with van der Waals surface area (Å²) >= 11 is 1.48. The van der Waals surface area contributed by atoms with E-state index in [9.17, 15) is 9.59 Å². The van der Waals surface area contributed by atoms with Gasteiger partial charge >= 0.3 is 5.97 Å². The molecular formula is C20H23NO4S. The number of nitrogens with one attached hydrogen (secondary N) is 1. The monoisotopic (exact) mass is 373 g/mol. The van der Waals surface area contributed by atoms with Crippen LogP contribution in [0.25, 0.3) is 0 Å². The molecule has 138 valence electrons. The number of amides is 1. The van der Waals surface area contributed by atoms with Gasteiger partial charge in [0.15, 0.2) is 6.61 Å². The van der Waals surface area contributed by atoms with E-state index in [2.05, 4.69) is 12.2 Å². The van der Waals surface area contributed by atoms with Crippen LogP contribution in [-0.4, -0.2) is 25.1 Å². The predicted molar refractivity (Wildman–Crippen MR) is 102 cm³/mol. The highest BCUT2D eigenvalue weighted by Crippen LogP contribution is 2.40. The summed E-state index contributed by atoms with van der Waals surface area (Å²) < 4.78 is 10.7. The molecule has 0 unspecified atom stereocenters. The molecule has 0 saturated carbocycles. The third-order valence-electron chi connectivity index (χ3n) is 4.36. The summed E-state index contributed by atoms with van der Waals surface area (Å²) in [6.45, 7) is 4.19. The minimum absolute atomic E-state index is 0.106. The lowest BCUT2D eigenvalue weighted by Crippen LogP contribution is -2.21. The van der Waals surface area contributed by atoms with Crippen LogP contribution >= 0.6 is 11.3 Å². The Labute approximate surface area is 157 Å². The van der Waals surface area contributed by atoms with Crippen molar-refractivity contribution in [2.75, 3.05) is 18.5 Å². The van der Waals surface area contributed by atoms with E-state index in [4.69, 9.17) is 9.47 Å². The van der Waals surface area contributed by atoms with Crippen LogP contribution in [0, 0.1) is 5.92 Å². The van der Waals surface area contributed by atoms with Crippen molar-refractivity contribution in [3.63, 3.8) is 0 Å². The largest absolute Gasteiger partial charge is 0.484 e. The summed E-state index contributed by atoms with van der Waals surface area (Å²) in [4.78, 5) is 25.9. The van der Waals surface area contributed by atoms with Crippen molar-refractivity contribution in [3.8, 4) is 5.75 Å². The Morgan fingerprint density at radius 3 is 2.77 bits per heavy atom. The molecular weight excluding hydrogens is 350 g/mol. The van der Waals surface area contributed by atoms with Crippen molar-refractivity contribution >= 4 is 28.2 Å². The van der Waals surface area contributed by atoms with Gasteiger partial charge in [0.2, 0.25) is 0 Å². The lowest BCUT2D eigenvalue weighted by atomic mass is 9.88. The normalized spacial score (nSPS) is 15.8. The number of carbonyl (C=O) groups excluding carboxylic acids is 2. The molecule has 1 aromatic heterocycles. The number of hydrogen-bond donors (Lipinski definition) is 1. The second-order valence-corrected chi connectivity index (χ2v) is 7.53. The average molecular weight is 373 g/mol. The Hall–Kier alpha value is -2.34. The lowest BCUT2D eigenvalue weighted by Gasteiger charge is -2.18. The van der Waals surface area contributed by atoms with E-state index in [1.165, 1.54) is 16.2 Å². The Morgan fingerprint density at radius 1 is 1.27 bits per heavy atom. The zero-order chi connectivity index (χ0) is 18.5. The zero-order valence-electron chi connectivity index (χ0n) is 15.0. The van der Waals surface area contributed by atoms with Crippen LogP contribution < -0.4 is 10.1 Å². The van der Waals surface area contributed by atoms with Crippen LogP contribution in [0.1, 0.15) is 41.1 Å². The average Bonchev–Trinajstić information content (AvgIpc) is 2.98.